The minimum atomic E-state index is -0.950. The molecule has 1 heterocycles. The highest BCUT2D eigenvalue weighted by atomic mass is 32.1. The van der Waals surface area contributed by atoms with Gasteiger partial charge in [0.1, 0.15) is 5.78 Å². The lowest BCUT2D eigenvalue weighted by molar-refractivity contribution is -0.131. The Bertz CT molecular complexity index is 910. The average Bonchev–Trinajstić information content (AvgIpc) is 3.04. The third kappa shape index (κ3) is 3.46. The molecule has 1 aliphatic rings. The van der Waals surface area contributed by atoms with Crippen LogP contribution in [0.3, 0.4) is 0 Å². The van der Waals surface area contributed by atoms with Crippen molar-refractivity contribution >= 4 is 33.9 Å². The highest BCUT2D eigenvalue weighted by molar-refractivity contribution is 7.16. The van der Waals surface area contributed by atoms with Gasteiger partial charge in [-0.15, -0.1) is 11.3 Å². The molecule has 0 bridgehead atoms. The minimum Gasteiger partial charge on any atom is -0.478 e. The molecule has 1 aromatic heterocycles. The predicted octanol–water partition coefficient (Wildman–Crippen LogP) is 5.39. The summed E-state index contributed by atoms with van der Waals surface area (Å²) in [6.45, 7) is 12.6. The molecule has 0 saturated heterocycles. The zero-order valence-electron chi connectivity index (χ0n) is 17.3. The molecule has 1 unspecified atom stereocenters. The van der Waals surface area contributed by atoms with Gasteiger partial charge in [0.25, 0.3) is 0 Å². The second-order valence-corrected chi connectivity index (χ2v) is 10.1. The van der Waals surface area contributed by atoms with Crippen molar-refractivity contribution in [2.45, 2.75) is 58.8 Å². The molecule has 0 spiro atoms. The van der Waals surface area contributed by atoms with Crippen LogP contribution >= 0.6 is 11.3 Å². The second kappa shape index (κ2) is 6.99. The van der Waals surface area contributed by atoms with E-state index in [1.165, 1.54) is 0 Å². The number of hydrogen-bond acceptors (Lipinski definition) is 5. The van der Waals surface area contributed by atoms with Crippen molar-refractivity contribution in [1.29, 1.82) is 0 Å². The fourth-order valence-electron chi connectivity index (χ4n) is 3.96. The Morgan fingerprint density at radius 3 is 2.36 bits per heavy atom. The zero-order valence-corrected chi connectivity index (χ0v) is 18.1. The fraction of sp³-hybridized carbons (Fsp3) is 0.500. The Balaban J connectivity index is 1.98. The third-order valence-corrected chi connectivity index (χ3v) is 7.01. The van der Waals surface area contributed by atoms with E-state index >= 15 is 0 Å². The van der Waals surface area contributed by atoms with Crippen molar-refractivity contribution in [2.75, 3.05) is 5.32 Å². The first-order chi connectivity index (χ1) is 12.9. The summed E-state index contributed by atoms with van der Waals surface area (Å²) in [6, 6.07) is 6.59. The number of hydrogen-bond donors (Lipinski definition) is 2. The molecule has 0 amide bonds. The lowest BCUT2D eigenvalue weighted by atomic mass is 9.59. The van der Waals surface area contributed by atoms with E-state index in [1.54, 1.807) is 35.6 Å². The summed E-state index contributed by atoms with van der Waals surface area (Å²) >= 11 is 1.59. The van der Waals surface area contributed by atoms with E-state index < -0.39 is 11.4 Å². The normalized spacial score (nSPS) is 20.1. The molecule has 150 valence electrons. The standard InChI is InChI=1S/C22H28N2O3S/c1-12(2)11-15-17(25)22(5,6)16-18(21(15,3)4)28-20(24-16)23-14-9-7-13(8-10-14)19(26)27/h7-10,12,15H,11H2,1-6H3,(H,23,24)(H,26,27). The van der Waals surface area contributed by atoms with Crippen LogP contribution in [0.2, 0.25) is 0 Å². The molecule has 3 rings (SSSR count). The SMILES string of the molecule is CC(C)CC1C(=O)C(C)(C)c2nc(Nc3ccc(C(=O)O)cc3)sc2C1(C)C. The number of carbonyl (C=O) groups is 2. The summed E-state index contributed by atoms with van der Waals surface area (Å²) in [5.74, 6) is -0.266. The Morgan fingerprint density at radius 2 is 1.82 bits per heavy atom. The molecule has 2 N–H and O–H groups in total. The van der Waals surface area contributed by atoms with Gasteiger partial charge < -0.3 is 10.4 Å². The molecule has 28 heavy (non-hydrogen) atoms. The van der Waals surface area contributed by atoms with Gasteiger partial charge in [-0.25, -0.2) is 9.78 Å². The van der Waals surface area contributed by atoms with Crippen molar-refractivity contribution in [1.82, 2.24) is 4.98 Å². The molecule has 1 aliphatic carbocycles. The van der Waals surface area contributed by atoms with Gasteiger partial charge in [0.05, 0.1) is 16.7 Å². The number of nitrogens with one attached hydrogen (secondary N) is 1. The van der Waals surface area contributed by atoms with Crippen molar-refractivity contribution in [3.63, 3.8) is 0 Å². The first kappa shape index (κ1) is 20.5. The maximum Gasteiger partial charge on any atom is 0.335 e. The van der Waals surface area contributed by atoms with Gasteiger partial charge in [-0.2, -0.15) is 0 Å². The summed E-state index contributed by atoms with van der Waals surface area (Å²) < 4.78 is 0. The van der Waals surface area contributed by atoms with Gasteiger partial charge in [-0.3, -0.25) is 4.79 Å². The number of ketones is 1. The van der Waals surface area contributed by atoms with Crippen LogP contribution in [0.15, 0.2) is 24.3 Å². The summed E-state index contributed by atoms with van der Waals surface area (Å²) in [5, 5.41) is 13.0. The first-order valence-electron chi connectivity index (χ1n) is 9.61. The van der Waals surface area contributed by atoms with Crippen molar-refractivity contribution in [3.8, 4) is 0 Å². The van der Waals surface area contributed by atoms with Gasteiger partial charge in [-0.05, 0) is 50.5 Å². The molecule has 0 fully saturated rings. The second-order valence-electron chi connectivity index (χ2n) is 9.10. The van der Waals surface area contributed by atoms with Crippen LogP contribution in [0.4, 0.5) is 10.8 Å². The van der Waals surface area contributed by atoms with Crippen molar-refractivity contribution in [3.05, 3.63) is 40.4 Å². The van der Waals surface area contributed by atoms with Gasteiger partial charge in [0, 0.05) is 21.9 Å². The predicted molar refractivity (Wildman–Crippen MR) is 113 cm³/mol. The van der Waals surface area contributed by atoms with Gasteiger partial charge in [0.2, 0.25) is 0 Å². The van der Waals surface area contributed by atoms with E-state index in [9.17, 15) is 9.59 Å². The quantitative estimate of drug-likeness (QED) is 0.704. The maximum atomic E-state index is 13.3. The molecule has 5 nitrogen and oxygen atoms in total. The van der Waals surface area contributed by atoms with Crippen LogP contribution < -0.4 is 5.32 Å². The summed E-state index contributed by atoms with van der Waals surface area (Å²) in [5.41, 5.74) is 0.993. The molecule has 0 radical (unpaired) electrons. The average molecular weight is 401 g/mol. The minimum absolute atomic E-state index is 0.0295. The van der Waals surface area contributed by atoms with E-state index in [0.717, 1.165) is 27.8 Å². The number of anilines is 2. The number of carboxylic acid groups (broad SMARTS) is 1. The molecule has 2 aromatic rings. The molecule has 1 atom stereocenters. The number of nitrogens with zero attached hydrogens (tertiary/aromatic N) is 1. The van der Waals surface area contributed by atoms with Gasteiger partial charge in [0.15, 0.2) is 5.13 Å². The summed E-state index contributed by atoms with van der Waals surface area (Å²) in [4.78, 5) is 30.3. The van der Waals surface area contributed by atoms with Gasteiger partial charge >= 0.3 is 5.97 Å². The molecular formula is C22H28N2O3S. The number of Topliss-reactive ketones (excluding diaryl/α,β-unsaturated/α-hetero) is 1. The van der Waals surface area contributed by atoms with E-state index in [1.807, 2.05) is 13.8 Å². The van der Waals surface area contributed by atoms with Crippen molar-refractivity contribution in [2.24, 2.45) is 11.8 Å². The Hall–Kier alpha value is -2.21. The third-order valence-electron chi connectivity index (χ3n) is 5.70. The van der Waals surface area contributed by atoms with Crippen LogP contribution in [0.25, 0.3) is 0 Å². The van der Waals surface area contributed by atoms with Crippen molar-refractivity contribution < 1.29 is 14.7 Å². The number of benzene rings is 1. The Labute approximate surface area is 170 Å². The van der Waals surface area contributed by atoms with Crippen LogP contribution in [-0.2, 0) is 15.6 Å². The van der Waals surface area contributed by atoms with E-state index in [4.69, 9.17) is 10.1 Å². The largest absolute Gasteiger partial charge is 0.478 e. The van der Waals surface area contributed by atoms with Crippen LogP contribution in [0, 0.1) is 11.8 Å². The fourth-order valence-corrected chi connectivity index (χ4v) is 5.27. The van der Waals surface area contributed by atoms with E-state index in [0.29, 0.717) is 5.92 Å². The number of thiazole rings is 1. The topological polar surface area (TPSA) is 79.3 Å². The molecule has 6 heteroatoms. The van der Waals surface area contributed by atoms with Crippen LogP contribution in [-0.4, -0.2) is 21.8 Å². The summed E-state index contributed by atoms with van der Waals surface area (Å²) in [6.07, 6.45) is 0.867. The number of carbonyl (C=O) groups excluding carboxylic acids is 1. The summed E-state index contributed by atoms with van der Waals surface area (Å²) in [7, 11) is 0. The number of carboxylic acids is 1. The lowest BCUT2D eigenvalue weighted by Gasteiger charge is -2.44. The molecule has 0 aliphatic heterocycles. The Morgan fingerprint density at radius 1 is 1.21 bits per heavy atom. The molecule has 1 aromatic carbocycles. The monoisotopic (exact) mass is 400 g/mol. The van der Waals surface area contributed by atoms with E-state index in [-0.39, 0.29) is 22.7 Å². The molecule has 0 saturated carbocycles. The number of aromatic carboxylic acids is 1. The number of rotatable bonds is 5. The van der Waals surface area contributed by atoms with Crippen LogP contribution in [0.1, 0.15) is 68.9 Å². The van der Waals surface area contributed by atoms with Gasteiger partial charge in [-0.1, -0.05) is 27.7 Å². The highest BCUT2D eigenvalue weighted by Gasteiger charge is 2.52. The lowest BCUT2D eigenvalue weighted by Crippen LogP contribution is -2.49. The highest BCUT2D eigenvalue weighted by Crippen LogP contribution is 2.52. The Kier molecular flexibility index (Phi) is 5.13. The first-order valence-corrected chi connectivity index (χ1v) is 10.4. The zero-order chi connectivity index (χ0) is 20.9. The smallest absolute Gasteiger partial charge is 0.335 e. The number of fused-ring (bicyclic) bond motifs is 1. The maximum absolute atomic E-state index is 13.3. The molecular weight excluding hydrogens is 372 g/mol. The van der Waals surface area contributed by atoms with Crippen LogP contribution in [0.5, 0.6) is 0 Å². The number of aromatic nitrogens is 1. The van der Waals surface area contributed by atoms with E-state index in [2.05, 4.69) is 33.0 Å².